The first kappa shape index (κ1) is 20.5. The van der Waals surface area contributed by atoms with Crippen LogP contribution in [0, 0.1) is 0 Å². The van der Waals surface area contributed by atoms with E-state index in [0.29, 0.717) is 17.9 Å². The van der Waals surface area contributed by atoms with E-state index in [0.717, 1.165) is 51.9 Å². The lowest BCUT2D eigenvalue weighted by Gasteiger charge is -2.09. The Balaban J connectivity index is 3.27. The summed E-state index contributed by atoms with van der Waals surface area (Å²) in [5, 5.41) is 8.47. The van der Waals surface area contributed by atoms with Gasteiger partial charge in [-0.15, -0.1) is 0 Å². The molecule has 0 rings (SSSR count). The average molecular weight is 326 g/mol. The molecule has 6 heteroatoms. The van der Waals surface area contributed by atoms with Crippen molar-refractivity contribution in [2.45, 2.75) is 77.1 Å². The lowest BCUT2D eigenvalue weighted by molar-refractivity contribution is -0.137. The van der Waals surface area contributed by atoms with Gasteiger partial charge >= 0.3 is 5.97 Å². The Morgan fingerprint density at radius 3 is 1.95 bits per heavy atom. The summed E-state index contributed by atoms with van der Waals surface area (Å²) in [4.78, 5) is 10.3. The summed E-state index contributed by atoms with van der Waals surface area (Å²) in [5.41, 5.74) is 0. The topological polar surface area (TPSA) is 54.4 Å². The first-order valence-corrected chi connectivity index (χ1v) is 9.24. The molecule has 3 nitrogen and oxygen atoms in total. The molecule has 1 atom stereocenters. The van der Waals surface area contributed by atoms with Gasteiger partial charge in [0.2, 0.25) is 5.92 Å². The summed E-state index contributed by atoms with van der Waals surface area (Å²) in [6.45, 7) is 0.895. The smallest absolute Gasteiger partial charge is 0.303 e. The highest BCUT2D eigenvalue weighted by atomic mass is 32.2. The molecule has 1 N–H and O–H groups in total. The van der Waals surface area contributed by atoms with Gasteiger partial charge in [0.15, 0.2) is 0 Å². The number of carbonyl (C=O) groups is 1. The van der Waals surface area contributed by atoms with Crippen molar-refractivity contribution in [3.63, 3.8) is 0 Å². The Kier molecular flexibility index (Phi) is 11.8. The molecule has 0 aliphatic heterocycles. The molecule has 0 aromatic rings. The number of alkyl halides is 2. The van der Waals surface area contributed by atoms with Gasteiger partial charge in [-0.1, -0.05) is 32.1 Å². The number of hydrogen-bond acceptors (Lipinski definition) is 2. The fourth-order valence-corrected chi connectivity index (χ4v) is 3.27. The standard InChI is InChI=1S/C15H28F2O3S/c1-15(16,17)11-9-13-21(20)12-8-6-4-2-3-5-7-10-14(18)19/h2-13H2,1H3,(H,18,19). The molecule has 0 aliphatic rings. The van der Waals surface area contributed by atoms with Crippen LogP contribution in [0.2, 0.25) is 0 Å². The van der Waals surface area contributed by atoms with Crippen molar-refractivity contribution >= 4 is 16.8 Å². The van der Waals surface area contributed by atoms with Gasteiger partial charge < -0.3 is 5.11 Å². The van der Waals surface area contributed by atoms with Gasteiger partial charge in [-0.05, 0) is 26.2 Å². The van der Waals surface area contributed by atoms with E-state index in [-0.39, 0.29) is 12.8 Å². The Bertz CT molecular complexity index is 304. The van der Waals surface area contributed by atoms with E-state index in [2.05, 4.69) is 0 Å². The van der Waals surface area contributed by atoms with E-state index in [4.69, 9.17) is 5.11 Å². The molecule has 1 unspecified atom stereocenters. The lowest BCUT2D eigenvalue weighted by atomic mass is 10.1. The first-order chi connectivity index (χ1) is 9.81. The van der Waals surface area contributed by atoms with Crippen molar-refractivity contribution in [2.75, 3.05) is 11.5 Å². The first-order valence-electron chi connectivity index (χ1n) is 7.76. The number of carboxylic acid groups (broad SMARTS) is 1. The zero-order chi connectivity index (χ0) is 16.1. The Labute approximate surface area is 129 Å². The average Bonchev–Trinajstić information content (AvgIpc) is 2.34. The van der Waals surface area contributed by atoms with E-state index >= 15 is 0 Å². The van der Waals surface area contributed by atoms with Crippen LogP contribution in [0.25, 0.3) is 0 Å². The van der Waals surface area contributed by atoms with E-state index in [1.54, 1.807) is 0 Å². The van der Waals surface area contributed by atoms with Crippen molar-refractivity contribution in [2.24, 2.45) is 0 Å². The van der Waals surface area contributed by atoms with Crippen molar-refractivity contribution in [3.05, 3.63) is 0 Å². The maximum Gasteiger partial charge on any atom is 0.303 e. The molecular weight excluding hydrogens is 298 g/mol. The van der Waals surface area contributed by atoms with Gasteiger partial charge in [-0.25, -0.2) is 8.78 Å². The molecule has 0 aromatic heterocycles. The van der Waals surface area contributed by atoms with Crippen LogP contribution in [0.4, 0.5) is 8.78 Å². The predicted octanol–water partition coefficient (Wildman–Crippen LogP) is 4.38. The molecule has 0 radical (unpaired) electrons. The highest BCUT2D eigenvalue weighted by Gasteiger charge is 2.20. The highest BCUT2D eigenvalue weighted by Crippen LogP contribution is 2.18. The fraction of sp³-hybridized carbons (Fsp3) is 0.933. The molecule has 0 saturated heterocycles. The highest BCUT2D eigenvalue weighted by molar-refractivity contribution is 7.84. The number of unbranched alkanes of at least 4 members (excludes halogenated alkanes) is 6. The molecular formula is C15H28F2O3S. The normalized spacial score (nSPS) is 13.3. The Morgan fingerprint density at radius 1 is 0.952 bits per heavy atom. The van der Waals surface area contributed by atoms with E-state index in [1.807, 2.05) is 0 Å². The summed E-state index contributed by atoms with van der Waals surface area (Å²) in [6.07, 6.45) is 7.14. The number of rotatable bonds is 14. The summed E-state index contributed by atoms with van der Waals surface area (Å²) < 4.78 is 36.7. The third-order valence-electron chi connectivity index (χ3n) is 3.25. The molecule has 0 bridgehead atoms. The number of hydrogen-bond donors (Lipinski definition) is 1. The summed E-state index contributed by atoms with van der Waals surface area (Å²) in [5.74, 6) is -2.41. The quantitative estimate of drug-likeness (QED) is 0.482. The number of halogens is 2. The van der Waals surface area contributed by atoms with Gasteiger partial charge in [0.25, 0.3) is 0 Å². The van der Waals surface area contributed by atoms with Crippen molar-refractivity contribution in [3.8, 4) is 0 Å². The van der Waals surface area contributed by atoms with Crippen molar-refractivity contribution in [1.82, 2.24) is 0 Å². The second-order valence-electron chi connectivity index (χ2n) is 5.64. The maximum absolute atomic E-state index is 12.6. The second-order valence-corrected chi connectivity index (χ2v) is 7.34. The molecule has 0 amide bonds. The van der Waals surface area contributed by atoms with Crippen LogP contribution < -0.4 is 0 Å². The van der Waals surface area contributed by atoms with Crippen LogP contribution in [0.3, 0.4) is 0 Å². The van der Waals surface area contributed by atoms with Crippen LogP contribution in [-0.2, 0) is 15.6 Å². The molecule has 0 fully saturated rings. The van der Waals surface area contributed by atoms with Crippen LogP contribution in [0.15, 0.2) is 0 Å². The van der Waals surface area contributed by atoms with Gasteiger partial charge in [0.1, 0.15) is 0 Å². The largest absolute Gasteiger partial charge is 0.481 e. The predicted molar refractivity (Wildman–Crippen MR) is 82.3 cm³/mol. The molecule has 0 aromatic carbocycles. The molecule has 0 heterocycles. The number of carboxylic acids is 1. The van der Waals surface area contributed by atoms with Crippen LogP contribution in [-0.4, -0.2) is 32.7 Å². The summed E-state index contributed by atoms with van der Waals surface area (Å²) in [6, 6.07) is 0. The molecule has 0 saturated carbocycles. The Morgan fingerprint density at radius 2 is 1.43 bits per heavy atom. The van der Waals surface area contributed by atoms with Crippen LogP contribution in [0.5, 0.6) is 0 Å². The lowest BCUT2D eigenvalue weighted by Crippen LogP contribution is -2.12. The number of aliphatic carboxylic acids is 1. The van der Waals surface area contributed by atoms with Crippen molar-refractivity contribution < 1.29 is 22.9 Å². The van der Waals surface area contributed by atoms with E-state index in [9.17, 15) is 17.8 Å². The summed E-state index contributed by atoms with van der Waals surface area (Å²) in [7, 11) is -0.969. The van der Waals surface area contributed by atoms with E-state index in [1.165, 1.54) is 0 Å². The van der Waals surface area contributed by atoms with Crippen LogP contribution in [0.1, 0.15) is 71.1 Å². The minimum atomic E-state index is -2.65. The third kappa shape index (κ3) is 17.4. The summed E-state index contributed by atoms with van der Waals surface area (Å²) >= 11 is 0. The monoisotopic (exact) mass is 326 g/mol. The zero-order valence-corrected chi connectivity index (χ0v) is 13.7. The fourth-order valence-electron chi connectivity index (χ4n) is 2.07. The van der Waals surface area contributed by atoms with Gasteiger partial charge in [0.05, 0.1) is 0 Å². The van der Waals surface area contributed by atoms with E-state index < -0.39 is 22.7 Å². The zero-order valence-electron chi connectivity index (χ0n) is 12.9. The third-order valence-corrected chi connectivity index (χ3v) is 4.74. The van der Waals surface area contributed by atoms with Gasteiger partial charge in [-0.3, -0.25) is 9.00 Å². The van der Waals surface area contributed by atoms with Crippen LogP contribution >= 0.6 is 0 Å². The van der Waals surface area contributed by atoms with Gasteiger partial charge in [0, 0.05) is 35.1 Å². The minimum Gasteiger partial charge on any atom is -0.481 e. The SMILES string of the molecule is CC(F)(F)CCCS(=O)CCCCCCCCCC(=O)O. The molecule has 0 spiro atoms. The Hall–Kier alpha value is -0.520. The molecule has 126 valence electrons. The maximum atomic E-state index is 12.6. The second kappa shape index (κ2) is 12.1. The minimum absolute atomic E-state index is 0.185. The van der Waals surface area contributed by atoms with Gasteiger partial charge in [-0.2, -0.15) is 0 Å². The molecule has 0 aliphatic carbocycles. The molecule has 21 heavy (non-hydrogen) atoms. The van der Waals surface area contributed by atoms with Crippen molar-refractivity contribution in [1.29, 1.82) is 0 Å².